The molecule has 1 aliphatic heterocycles. The Morgan fingerprint density at radius 2 is 2.03 bits per heavy atom. The molecule has 7 nitrogen and oxygen atoms in total. The summed E-state index contributed by atoms with van der Waals surface area (Å²) in [6, 6.07) is 13.0. The van der Waals surface area contributed by atoms with Gasteiger partial charge in [-0.1, -0.05) is 24.3 Å². The molecule has 1 atom stereocenters. The van der Waals surface area contributed by atoms with Crippen LogP contribution in [-0.2, 0) is 5.41 Å². The first-order valence-electron chi connectivity index (χ1n) is 10.6. The van der Waals surface area contributed by atoms with Gasteiger partial charge in [-0.25, -0.2) is 0 Å². The lowest BCUT2D eigenvalue weighted by Crippen LogP contribution is -2.34. The molecule has 2 N–H and O–H groups in total. The van der Waals surface area contributed by atoms with Gasteiger partial charge >= 0.3 is 0 Å². The average molecular weight is 432 g/mol. The highest BCUT2D eigenvalue weighted by Gasteiger charge is 2.47. The minimum atomic E-state index is -0.374. The number of hydrogen-bond donors (Lipinski definition) is 2. The van der Waals surface area contributed by atoms with Crippen LogP contribution in [0.4, 0.5) is 0 Å². The third-order valence-corrected chi connectivity index (χ3v) is 6.48. The van der Waals surface area contributed by atoms with Crippen LogP contribution in [0.15, 0.2) is 54.2 Å². The largest absolute Gasteiger partial charge is 0.493 e. The van der Waals surface area contributed by atoms with E-state index in [2.05, 4.69) is 11.9 Å². The second-order valence-electron chi connectivity index (χ2n) is 8.32. The second kappa shape index (κ2) is 7.53. The molecule has 2 aromatic carbocycles. The van der Waals surface area contributed by atoms with Gasteiger partial charge in [-0.05, 0) is 31.0 Å². The normalized spacial score (nSPS) is 19.5. The molecule has 0 saturated carbocycles. The van der Waals surface area contributed by atoms with Crippen LogP contribution in [0.2, 0.25) is 0 Å². The average Bonchev–Trinajstić information content (AvgIpc) is 3.38. The Kier molecular flexibility index (Phi) is 4.78. The number of aromatic nitrogens is 1. The third-order valence-electron chi connectivity index (χ3n) is 6.48. The molecule has 3 aromatic rings. The summed E-state index contributed by atoms with van der Waals surface area (Å²) in [7, 11) is 1.54. The summed E-state index contributed by atoms with van der Waals surface area (Å²) >= 11 is 0. The van der Waals surface area contributed by atoms with E-state index in [-0.39, 0.29) is 30.3 Å². The number of carbonyl (C=O) groups excluding carboxylic acids is 2. The summed E-state index contributed by atoms with van der Waals surface area (Å²) in [4.78, 5) is 31.1. The van der Waals surface area contributed by atoms with Crippen LogP contribution in [0.3, 0.4) is 0 Å². The van der Waals surface area contributed by atoms with Gasteiger partial charge in [0.05, 0.1) is 13.7 Å². The summed E-state index contributed by atoms with van der Waals surface area (Å²) in [5.74, 6) is 0.760. The van der Waals surface area contributed by atoms with Crippen molar-refractivity contribution in [1.29, 1.82) is 0 Å². The van der Waals surface area contributed by atoms with Crippen LogP contribution >= 0.6 is 0 Å². The van der Waals surface area contributed by atoms with Crippen LogP contribution in [-0.4, -0.2) is 53.5 Å². The van der Waals surface area contributed by atoms with E-state index in [1.165, 1.54) is 7.11 Å². The van der Waals surface area contributed by atoms with Gasteiger partial charge in [-0.3, -0.25) is 9.59 Å². The zero-order valence-electron chi connectivity index (χ0n) is 18.0. The fraction of sp³-hybridized carbons (Fsp3) is 0.280. The highest BCUT2D eigenvalue weighted by atomic mass is 16.5. The summed E-state index contributed by atoms with van der Waals surface area (Å²) in [6.07, 6.45) is 2.36. The summed E-state index contributed by atoms with van der Waals surface area (Å²) < 4.78 is 10.9. The number of hydrogen-bond acceptors (Lipinski definition) is 5. The summed E-state index contributed by atoms with van der Waals surface area (Å²) in [5, 5.41) is 9.84. The fourth-order valence-electron chi connectivity index (χ4n) is 4.81. The van der Waals surface area contributed by atoms with Gasteiger partial charge in [-0.15, -0.1) is 0 Å². The first kappa shape index (κ1) is 20.3. The Morgan fingerprint density at radius 3 is 2.81 bits per heavy atom. The lowest BCUT2D eigenvalue weighted by atomic mass is 9.72. The molecule has 164 valence electrons. The highest BCUT2D eigenvalue weighted by molar-refractivity contribution is 6.09. The molecule has 0 bridgehead atoms. The number of ether oxygens (including phenoxy) is 2. The smallest absolute Gasteiger partial charge is 0.274 e. The quantitative estimate of drug-likeness (QED) is 0.645. The van der Waals surface area contributed by atoms with E-state index in [1.54, 1.807) is 29.2 Å². The molecule has 7 heteroatoms. The topological polar surface area (TPSA) is 91.9 Å². The second-order valence-corrected chi connectivity index (χ2v) is 8.32. The molecule has 32 heavy (non-hydrogen) atoms. The number of aliphatic hydroxyl groups excluding tert-OH is 1. The van der Waals surface area contributed by atoms with Crippen molar-refractivity contribution in [2.75, 3.05) is 26.9 Å². The monoisotopic (exact) mass is 432 g/mol. The van der Waals surface area contributed by atoms with Crippen molar-refractivity contribution in [3.05, 3.63) is 71.1 Å². The maximum atomic E-state index is 13.5. The molecule has 2 heterocycles. The van der Waals surface area contributed by atoms with E-state index >= 15 is 0 Å². The molecule has 1 aromatic heterocycles. The van der Waals surface area contributed by atoms with Crippen LogP contribution in [0.1, 0.15) is 39.8 Å². The summed E-state index contributed by atoms with van der Waals surface area (Å²) in [6.45, 7) is 2.67. The van der Waals surface area contributed by atoms with Gasteiger partial charge in [0.25, 0.3) is 5.91 Å². The van der Waals surface area contributed by atoms with Crippen molar-refractivity contribution in [3.8, 4) is 11.5 Å². The molecule has 2 aliphatic rings. The highest BCUT2D eigenvalue weighted by Crippen LogP contribution is 2.47. The van der Waals surface area contributed by atoms with E-state index in [1.807, 2.05) is 24.3 Å². The number of likely N-dealkylation sites (tertiary alicyclic amines) is 1. The van der Waals surface area contributed by atoms with Crippen molar-refractivity contribution < 1.29 is 24.2 Å². The molecule has 0 spiro atoms. The Bertz CT molecular complexity index is 1270. The van der Waals surface area contributed by atoms with Gasteiger partial charge in [0, 0.05) is 46.3 Å². The number of ketones is 1. The van der Waals surface area contributed by atoms with Crippen LogP contribution in [0, 0.1) is 0 Å². The number of aromatic amines is 1. The van der Waals surface area contributed by atoms with Gasteiger partial charge in [0.2, 0.25) is 0 Å². The minimum Gasteiger partial charge on any atom is -0.493 e. The van der Waals surface area contributed by atoms with E-state index in [4.69, 9.17) is 14.6 Å². The van der Waals surface area contributed by atoms with E-state index in [0.717, 1.165) is 28.6 Å². The molecule has 0 radical (unpaired) electrons. The Balaban J connectivity index is 1.50. The number of nitrogens with one attached hydrogen (secondary N) is 1. The van der Waals surface area contributed by atoms with Gasteiger partial charge in [0.15, 0.2) is 17.3 Å². The van der Waals surface area contributed by atoms with Crippen molar-refractivity contribution >= 4 is 22.6 Å². The molecule has 1 unspecified atom stereocenters. The molecule has 1 aliphatic carbocycles. The predicted octanol–water partition coefficient (Wildman–Crippen LogP) is 3.43. The Hall–Kier alpha value is -3.58. The van der Waals surface area contributed by atoms with Crippen LogP contribution < -0.4 is 9.47 Å². The van der Waals surface area contributed by atoms with Crippen LogP contribution in [0.5, 0.6) is 11.5 Å². The maximum Gasteiger partial charge on any atom is 0.274 e. The van der Waals surface area contributed by atoms with Crippen molar-refractivity contribution in [2.24, 2.45) is 0 Å². The Labute approximate surface area is 185 Å². The molecule has 5 rings (SSSR count). The Morgan fingerprint density at radius 1 is 1.22 bits per heavy atom. The van der Waals surface area contributed by atoms with E-state index < -0.39 is 0 Å². The fourth-order valence-corrected chi connectivity index (χ4v) is 4.81. The molecular weight excluding hydrogens is 408 g/mol. The van der Waals surface area contributed by atoms with Gasteiger partial charge < -0.3 is 24.5 Å². The summed E-state index contributed by atoms with van der Waals surface area (Å²) in [5.41, 5.74) is 3.22. The maximum absolute atomic E-state index is 13.5. The predicted molar refractivity (Wildman–Crippen MR) is 119 cm³/mol. The number of allylic oxidation sites excluding steroid dienone is 2. The molecule has 1 amide bonds. The van der Waals surface area contributed by atoms with E-state index in [0.29, 0.717) is 29.3 Å². The number of methoxy groups -OCH3 is 1. The number of carbonyl (C=O) groups is 2. The van der Waals surface area contributed by atoms with Crippen molar-refractivity contribution in [1.82, 2.24) is 9.88 Å². The number of aliphatic hydroxyl groups is 1. The SMILES string of the molecule is COc1cc2[nH]c(C(=O)N3CCC4(C)C3=CC(=O)c3ccccc34)cc2cc1OCCO. The zero-order chi connectivity index (χ0) is 22.5. The standard InChI is InChI=1S/C25H24N2O5/c1-25-7-8-27(23(25)14-20(29)16-5-3-4-6-17(16)25)24(30)19-11-15-12-22(32-10-9-28)21(31-2)13-18(15)26-19/h3-6,11-14,26,28H,7-10H2,1-2H3. The molecule has 1 fully saturated rings. The minimum absolute atomic E-state index is 0.0696. The number of fused-ring (bicyclic) bond motifs is 4. The van der Waals surface area contributed by atoms with Gasteiger partial charge in [0.1, 0.15) is 12.3 Å². The number of benzene rings is 2. The first-order valence-corrected chi connectivity index (χ1v) is 10.6. The van der Waals surface area contributed by atoms with Gasteiger partial charge in [-0.2, -0.15) is 0 Å². The van der Waals surface area contributed by atoms with Crippen molar-refractivity contribution in [2.45, 2.75) is 18.8 Å². The first-order chi connectivity index (χ1) is 15.5. The number of amides is 1. The zero-order valence-corrected chi connectivity index (χ0v) is 18.0. The lowest BCUT2D eigenvalue weighted by Gasteiger charge is -2.33. The third kappa shape index (κ3) is 3.00. The van der Waals surface area contributed by atoms with E-state index in [9.17, 15) is 9.59 Å². The lowest BCUT2D eigenvalue weighted by molar-refractivity contribution is 0.0817. The number of nitrogens with zero attached hydrogens (tertiary/aromatic N) is 1. The van der Waals surface area contributed by atoms with Crippen molar-refractivity contribution in [3.63, 3.8) is 0 Å². The molecule has 1 saturated heterocycles. The number of H-pyrrole nitrogens is 1. The molecular formula is C25H24N2O5. The number of rotatable bonds is 5. The van der Waals surface area contributed by atoms with Crippen LogP contribution in [0.25, 0.3) is 10.9 Å².